The number of likely N-dealkylation sites (N-methyl/N-ethyl adjacent to an activating group) is 1. The molecule has 1 saturated heterocycles. The van der Waals surface area contributed by atoms with E-state index in [1.165, 1.54) is 12.1 Å². The summed E-state index contributed by atoms with van der Waals surface area (Å²) in [6, 6.07) is 11.2. The molecule has 0 saturated carbocycles. The predicted octanol–water partition coefficient (Wildman–Crippen LogP) is 4.34. The lowest BCUT2D eigenvalue weighted by atomic mass is 10.0. The van der Waals surface area contributed by atoms with Crippen LogP contribution in [0.5, 0.6) is 0 Å². The number of hydrogen-bond donors (Lipinski definition) is 1. The molecule has 2 aromatic rings. The quantitative estimate of drug-likeness (QED) is 0.563. The van der Waals surface area contributed by atoms with Crippen molar-refractivity contribution in [2.45, 2.75) is 31.5 Å². The number of likely N-dealkylation sites (tertiary alicyclic amines) is 1. The number of halogens is 4. The minimum atomic E-state index is -4.43. The summed E-state index contributed by atoms with van der Waals surface area (Å²) in [5.74, 6) is -0.236. The van der Waals surface area contributed by atoms with Crippen LogP contribution in [0.4, 0.5) is 18.9 Å². The van der Waals surface area contributed by atoms with Crippen molar-refractivity contribution in [3.63, 3.8) is 0 Å². The zero-order valence-corrected chi connectivity index (χ0v) is 20.6. The minimum absolute atomic E-state index is 0. The van der Waals surface area contributed by atoms with Gasteiger partial charge in [0.15, 0.2) is 0 Å². The van der Waals surface area contributed by atoms with E-state index < -0.39 is 21.8 Å². The molecule has 3 rings (SSSR count). The average molecular weight is 520 g/mol. The van der Waals surface area contributed by atoms with Crippen LogP contribution in [0.25, 0.3) is 0 Å². The number of anilines is 1. The van der Waals surface area contributed by atoms with Gasteiger partial charge in [-0.1, -0.05) is 24.3 Å². The molecule has 11 heteroatoms. The van der Waals surface area contributed by atoms with Gasteiger partial charge in [-0.25, -0.2) is 8.42 Å². The first-order valence-electron chi connectivity index (χ1n) is 10.6. The molecular formula is C23H29ClF3N3O3S. The number of nitrogens with zero attached hydrogens (tertiary/aromatic N) is 2. The highest BCUT2D eigenvalue weighted by Crippen LogP contribution is 2.30. The first-order valence-corrected chi connectivity index (χ1v) is 12.5. The standard InChI is InChI=1S/C23H28F3N3O3S.ClH/c1-28(22(30)14-17-8-10-19(11-9-17)23(24,25)26)21(16-29-12-3-4-13-29)18-6-5-7-20(15-18)27-33(2,31)32;/h5-11,15,21,27H,3-4,12-14,16H2,1-2H3;1H. The SMILES string of the molecule is CN(C(=O)Cc1ccc(C(F)(F)F)cc1)C(CN1CCCC1)c1cccc(NS(C)(=O)=O)c1.Cl. The van der Waals surface area contributed by atoms with Gasteiger partial charge in [0.1, 0.15) is 0 Å². The van der Waals surface area contributed by atoms with E-state index in [4.69, 9.17) is 0 Å². The molecule has 1 heterocycles. The molecule has 2 aromatic carbocycles. The molecule has 1 aliphatic rings. The Balaban J connectivity index is 0.00000408. The summed E-state index contributed by atoms with van der Waals surface area (Å²) in [6.07, 6.45) is -1.24. The second-order valence-corrected chi connectivity index (χ2v) is 10.1. The van der Waals surface area contributed by atoms with Crippen molar-refractivity contribution in [2.75, 3.05) is 37.7 Å². The Morgan fingerprint density at radius 1 is 1.12 bits per heavy atom. The van der Waals surface area contributed by atoms with Gasteiger partial charge in [0.05, 0.1) is 24.3 Å². The van der Waals surface area contributed by atoms with Crippen molar-refractivity contribution in [1.29, 1.82) is 0 Å². The zero-order valence-electron chi connectivity index (χ0n) is 19.0. The van der Waals surface area contributed by atoms with Gasteiger partial charge in [-0.05, 0) is 61.3 Å². The number of sulfonamides is 1. The van der Waals surface area contributed by atoms with Gasteiger partial charge in [-0.3, -0.25) is 9.52 Å². The highest BCUT2D eigenvalue weighted by molar-refractivity contribution is 7.92. The van der Waals surface area contributed by atoms with Crippen molar-refractivity contribution in [1.82, 2.24) is 9.80 Å². The van der Waals surface area contributed by atoms with Crippen LogP contribution in [0.1, 0.15) is 35.6 Å². The lowest BCUT2D eigenvalue weighted by molar-refractivity contribution is -0.137. The van der Waals surface area contributed by atoms with Crippen LogP contribution < -0.4 is 4.72 Å². The van der Waals surface area contributed by atoms with E-state index in [2.05, 4.69) is 9.62 Å². The molecule has 34 heavy (non-hydrogen) atoms. The third-order valence-corrected chi connectivity index (χ3v) is 6.31. The highest BCUT2D eigenvalue weighted by Gasteiger charge is 2.30. The minimum Gasteiger partial charge on any atom is -0.337 e. The lowest BCUT2D eigenvalue weighted by Gasteiger charge is -2.32. The lowest BCUT2D eigenvalue weighted by Crippen LogP contribution is -2.39. The number of amides is 1. The van der Waals surface area contributed by atoms with Crippen molar-refractivity contribution in [3.05, 3.63) is 65.2 Å². The maximum atomic E-state index is 13.1. The fourth-order valence-electron chi connectivity index (χ4n) is 3.97. The Morgan fingerprint density at radius 3 is 2.29 bits per heavy atom. The van der Waals surface area contributed by atoms with Crippen LogP contribution in [0.15, 0.2) is 48.5 Å². The van der Waals surface area contributed by atoms with E-state index >= 15 is 0 Å². The summed E-state index contributed by atoms with van der Waals surface area (Å²) in [6.45, 7) is 2.41. The predicted molar refractivity (Wildman–Crippen MR) is 128 cm³/mol. The monoisotopic (exact) mass is 519 g/mol. The van der Waals surface area contributed by atoms with Crippen molar-refractivity contribution in [2.24, 2.45) is 0 Å². The average Bonchev–Trinajstić information content (AvgIpc) is 3.23. The maximum absolute atomic E-state index is 13.1. The topological polar surface area (TPSA) is 69.7 Å². The van der Waals surface area contributed by atoms with E-state index in [9.17, 15) is 26.4 Å². The molecule has 0 radical (unpaired) electrons. The molecular weight excluding hydrogens is 491 g/mol. The summed E-state index contributed by atoms with van der Waals surface area (Å²) in [5.41, 5.74) is 0.922. The molecule has 1 unspecified atom stereocenters. The molecule has 1 N–H and O–H groups in total. The highest BCUT2D eigenvalue weighted by atomic mass is 35.5. The van der Waals surface area contributed by atoms with Gasteiger partial charge in [0.2, 0.25) is 15.9 Å². The fraction of sp³-hybridized carbons (Fsp3) is 0.435. The van der Waals surface area contributed by atoms with Gasteiger partial charge in [0.25, 0.3) is 0 Å². The Hall–Kier alpha value is -2.30. The molecule has 1 amide bonds. The van der Waals surface area contributed by atoms with Gasteiger partial charge < -0.3 is 9.80 Å². The largest absolute Gasteiger partial charge is 0.416 e. The fourth-order valence-corrected chi connectivity index (χ4v) is 4.52. The molecule has 0 aliphatic carbocycles. The van der Waals surface area contributed by atoms with Crippen LogP contribution in [-0.4, -0.2) is 57.1 Å². The number of alkyl halides is 3. The summed E-state index contributed by atoms with van der Waals surface area (Å²) in [7, 11) is -1.78. The van der Waals surface area contributed by atoms with Crippen molar-refractivity contribution in [3.8, 4) is 0 Å². The molecule has 0 aromatic heterocycles. The molecule has 1 fully saturated rings. The van der Waals surface area contributed by atoms with Gasteiger partial charge in [0, 0.05) is 19.3 Å². The second kappa shape index (κ2) is 11.4. The summed E-state index contributed by atoms with van der Waals surface area (Å²) in [4.78, 5) is 16.9. The molecule has 188 valence electrons. The summed E-state index contributed by atoms with van der Waals surface area (Å²) in [5, 5.41) is 0. The third kappa shape index (κ3) is 7.89. The smallest absolute Gasteiger partial charge is 0.337 e. The Labute approximate surface area is 204 Å². The van der Waals surface area contributed by atoms with Crippen molar-refractivity contribution >= 4 is 34.0 Å². The Morgan fingerprint density at radius 2 is 1.74 bits per heavy atom. The van der Waals surface area contributed by atoms with Gasteiger partial charge >= 0.3 is 6.18 Å². The number of rotatable bonds is 8. The van der Waals surface area contributed by atoms with E-state index in [1.54, 1.807) is 30.1 Å². The van der Waals surface area contributed by atoms with Crippen LogP contribution in [0.3, 0.4) is 0 Å². The number of benzene rings is 2. The maximum Gasteiger partial charge on any atom is 0.416 e. The van der Waals surface area contributed by atoms with Crippen molar-refractivity contribution < 1.29 is 26.4 Å². The number of hydrogen-bond acceptors (Lipinski definition) is 4. The summed E-state index contributed by atoms with van der Waals surface area (Å²) < 4.78 is 64.2. The molecule has 1 atom stereocenters. The normalized spacial score (nSPS) is 15.4. The second-order valence-electron chi connectivity index (χ2n) is 8.40. The van der Waals surface area contributed by atoms with E-state index in [0.29, 0.717) is 17.8 Å². The van der Waals surface area contributed by atoms with E-state index in [1.807, 2.05) is 6.07 Å². The van der Waals surface area contributed by atoms with Gasteiger partial charge in [-0.15, -0.1) is 12.4 Å². The van der Waals surface area contributed by atoms with E-state index in [-0.39, 0.29) is 30.8 Å². The number of carbonyl (C=O) groups is 1. The Kier molecular flexibility index (Phi) is 9.38. The van der Waals surface area contributed by atoms with E-state index in [0.717, 1.165) is 49.9 Å². The van der Waals surface area contributed by atoms with Crippen LogP contribution >= 0.6 is 12.4 Å². The first kappa shape index (κ1) is 27.9. The number of carbonyl (C=O) groups excluding carboxylic acids is 1. The number of nitrogens with one attached hydrogen (secondary N) is 1. The molecule has 6 nitrogen and oxygen atoms in total. The zero-order chi connectivity index (χ0) is 24.2. The van der Waals surface area contributed by atoms with Crippen LogP contribution in [0, 0.1) is 0 Å². The molecule has 0 bridgehead atoms. The summed E-state index contributed by atoms with van der Waals surface area (Å²) >= 11 is 0. The Bertz CT molecular complexity index is 1070. The first-order chi connectivity index (χ1) is 15.4. The van der Waals surface area contributed by atoms with Crippen LogP contribution in [0.2, 0.25) is 0 Å². The third-order valence-electron chi connectivity index (χ3n) is 5.70. The molecule has 1 aliphatic heterocycles. The van der Waals surface area contributed by atoms with Crippen LogP contribution in [-0.2, 0) is 27.4 Å². The molecule has 0 spiro atoms. The van der Waals surface area contributed by atoms with Gasteiger partial charge in [-0.2, -0.15) is 13.2 Å².